The van der Waals surface area contributed by atoms with Crippen molar-refractivity contribution in [2.75, 3.05) is 24.4 Å². The van der Waals surface area contributed by atoms with Crippen LogP contribution in [0.5, 0.6) is 0 Å². The van der Waals surface area contributed by atoms with Crippen LogP contribution in [0, 0.1) is 0 Å². The molecule has 1 aromatic rings. The zero-order chi connectivity index (χ0) is 25.8. The first-order valence-electron chi connectivity index (χ1n) is 11.1. The Balaban J connectivity index is 0.000000718. The molecule has 0 saturated carbocycles. The Bertz CT molecular complexity index is 875. The molecule has 0 radical (unpaired) electrons. The van der Waals surface area contributed by atoms with Gasteiger partial charge in [0.15, 0.2) is 0 Å². The number of nitrogens with one attached hydrogen (secondary N) is 1. The normalized spacial score (nSPS) is 14.1. The Morgan fingerprint density at radius 3 is 2.09 bits per heavy atom. The predicted octanol–water partition coefficient (Wildman–Crippen LogP) is 0.877. The Kier molecular flexibility index (Phi) is 12.3. The van der Waals surface area contributed by atoms with Crippen molar-refractivity contribution in [3.05, 3.63) is 29.8 Å². The number of unbranched alkanes of at least 4 members (excludes halogenated alkanes) is 5. The number of hydrogen-bond acceptors (Lipinski definition) is 5. The minimum atomic E-state index is -5.19. The van der Waals surface area contributed by atoms with Crippen LogP contribution < -0.4 is 15.1 Å². The van der Waals surface area contributed by atoms with E-state index in [1.807, 2.05) is 17.4 Å². The highest BCUT2D eigenvalue weighted by molar-refractivity contribution is 7.90. The quantitative estimate of drug-likeness (QED) is 0.336. The van der Waals surface area contributed by atoms with Gasteiger partial charge in [-0.05, 0) is 30.5 Å². The van der Waals surface area contributed by atoms with Crippen molar-refractivity contribution in [1.82, 2.24) is 4.31 Å². The van der Waals surface area contributed by atoms with Crippen molar-refractivity contribution in [3.63, 3.8) is 0 Å². The van der Waals surface area contributed by atoms with E-state index in [9.17, 15) is 26.4 Å². The average molecular weight is 512 g/mol. The van der Waals surface area contributed by atoms with Crippen molar-refractivity contribution in [1.29, 1.82) is 0 Å². The molecule has 0 aliphatic carbocycles. The van der Waals surface area contributed by atoms with Crippen molar-refractivity contribution in [2.24, 2.45) is 0 Å². The summed E-state index contributed by atoms with van der Waals surface area (Å²) in [5.74, 6) is -4.16. The lowest BCUT2D eigenvalue weighted by atomic mass is 10.0. The maximum absolute atomic E-state index is 12.6. The van der Waals surface area contributed by atoms with Gasteiger partial charge in [0.05, 0.1) is 13.1 Å². The minimum Gasteiger partial charge on any atom is -0.542 e. The van der Waals surface area contributed by atoms with Gasteiger partial charge in [0.1, 0.15) is 18.6 Å². The van der Waals surface area contributed by atoms with Crippen molar-refractivity contribution in [3.8, 4) is 0 Å². The topological polar surface area (TPSA) is 143 Å². The molecule has 9 nitrogen and oxygen atoms in total. The third-order valence-electron chi connectivity index (χ3n) is 5.14. The molecule has 0 unspecified atom stereocenters. The van der Waals surface area contributed by atoms with Crippen LogP contribution in [-0.2, 0) is 26.2 Å². The first-order chi connectivity index (χ1) is 15.9. The number of quaternary nitrogens is 1. The van der Waals surface area contributed by atoms with Crippen LogP contribution in [0.1, 0.15) is 51.0 Å². The van der Waals surface area contributed by atoms with Crippen LogP contribution in [0.4, 0.5) is 18.9 Å². The van der Waals surface area contributed by atoms with E-state index >= 15 is 0 Å². The molecule has 0 atom stereocenters. The minimum absolute atomic E-state index is 0.273. The first kappa shape index (κ1) is 29.7. The van der Waals surface area contributed by atoms with Crippen LogP contribution in [0.2, 0.25) is 0 Å². The lowest BCUT2D eigenvalue weighted by Crippen LogP contribution is -3.00. The maximum atomic E-state index is 12.6. The number of aliphatic carboxylic acids is 2. The molecule has 0 bridgehead atoms. The highest BCUT2D eigenvalue weighted by Gasteiger charge is 2.38. The van der Waals surface area contributed by atoms with Gasteiger partial charge in [0.2, 0.25) is 0 Å². The molecule has 1 aliphatic rings. The molecule has 1 aliphatic heterocycles. The summed E-state index contributed by atoms with van der Waals surface area (Å²) in [7, 11) is -3.89. The number of nitrogens with two attached hydrogens (primary N) is 1. The van der Waals surface area contributed by atoms with Gasteiger partial charge >= 0.3 is 22.4 Å². The molecule has 1 fully saturated rings. The molecule has 13 heteroatoms. The van der Waals surface area contributed by atoms with Crippen LogP contribution in [0.15, 0.2) is 24.3 Å². The summed E-state index contributed by atoms with van der Waals surface area (Å²) in [6.45, 7) is 2.86. The van der Waals surface area contributed by atoms with E-state index in [1.54, 1.807) is 12.1 Å². The molecule has 4 N–H and O–H groups in total. The van der Waals surface area contributed by atoms with Gasteiger partial charge in [0.25, 0.3) is 0 Å². The van der Waals surface area contributed by atoms with E-state index in [0.29, 0.717) is 18.8 Å². The van der Waals surface area contributed by atoms with Gasteiger partial charge in [0, 0.05) is 5.69 Å². The van der Waals surface area contributed by atoms with Crippen LogP contribution >= 0.6 is 0 Å². The van der Waals surface area contributed by atoms with Crippen LogP contribution in [0.3, 0.4) is 0 Å². The standard InChI is InChI=1S/C19H31N3O4S.C2HF3O2/c1-2-3-4-5-6-7-8-16-9-11-17(12-10-16)21-27(25,26)22(15-19(23)24)18-13-20-14-18;3-2(4,5)1(6)7/h9-12,18,20-21H,2-8,13-15H2,1H3,(H,23,24);(H,6,7). The van der Waals surface area contributed by atoms with E-state index in [-0.39, 0.29) is 6.04 Å². The fraction of sp³-hybridized carbons (Fsp3) is 0.619. The summed E-state index contributed by atoms with van der Waals surface area (Å²) in [6, 6.07) is 7.09. The van der Waals surface area contributed by atoms with Gasteiger partial charge < -0.3 is 20.3 Å². The van der Waals surface area contributed by atoms with Gasteiger partial charge in [-0.3, -0.25) is 9.52 Å². The second-order valence-corrected chi connectivity index (χ2v) is 9.58. The zero-order valence-corrected chi connectivity index (χ0v) is 19.8. The number of aryl methyl sites for hydroxylation is 1. The molecule has 1 saturated heterocycles. The molecule has 34 heavy (non-hydrogen) atoms. The summed E-state index contributed by atoms with van der Waals surface area (Å²) >= 11 is 0. The number of hydrogen-bond donors (Lipinski definition) is 3. The molecule has 2 rings (SSSR count). The number of alkyl halides is 3. The first-order valence-corrected chi connectivity index (χ1v) is 12.5. The molecule has 0 aromatic heterocycles. The third-order valence-corrected chi connectivity index (χ3v) is 6.67. The number of rotatable bonds is 13. The van der Waals surface area contributed by atoms with Crippen LogP contribution in [0.25, 0.3) is 0 Å². The summed E-state index contributed by atoms with van der Waals surface area (Å²) < 4.78 is 60.3. The molecule has 0 spiro atoms. The van der Waals surface area contributed by atoms with Gasteiger partial charge in [-0.1, -0.05) is 51.2 Å². The third kappa shape index (κ3) is 11.2. The Morgan fingerprint density at radius 2 is 1.65 bits per heavy atom. The highest BCUT2D eigenvalue weighted by atomic mass is 32.2. The number of halogens is 3. The lowest BCUT2D eigenvalue weighted by Gasteiger charge is -2.33. The van der Waals surface area contributed by atoms with Gasteiger partial charge in [-0.25, -0.2) is 0 Å². The number of carbonyl (C=O) groups excluding carboxylic acids is 1. The monoisotopic (exact) mass is 511 g/mol. The Morgan fingerprint density at radius 1 is 1.12 bits per heavy atom. The van der Waals surface area contributed by atoms with Crippen molar-refractivity contribution in [2.45, 2.75) is 64.1 Å². The van der Waals surface area contributed by atoms with E-state index < -0.39 is 34.9 Å². The number of anilines is 1. The molecular formula is C21H32F3N3O6S. The second-order valence-electron chi connectivity index (χ2n) is 7.96. The number of carbonyl (C=O) groups is 2. The van der Waals surface area contributed by atoms with E-state index in [0.717, 1.165) is 17.1 Å². The van der Waals surface area contributed by atoms with E-state index in [1.165, 1.54) is 37.7 Å². The molecule has 1 heterocycles. The summed E-state index contributed by atoms with van der Waals surface area (Å²) in [5.41, 5.74) is 1.64. The SMILES string of the molecule is CCCCCCCCc1ccc(NS(=O)(=O)N(CC(=O)O)C2C[NH2+]C2)cc1.O=C([O-])C(F)(F)F. The smallest absolute Gasteiger partial charge is 0.430 e. The number of carboxylic acid groups (broad SMARTS) is 2. The molecule has 1 aromatic carbocycles. The highest BCUT2D eigenvalue weighted by Crippen LogP contribution is 2.17. The molecule has 0 amide bonds. The van der Waals surface area contributed by atoms with Crippen molar-refractivity contribution < 1.29 is 46.7 Å². The second kappa shape index (κ2) is 14.1. The van der Waals surface area contributed by atoms with Gasteiger partial charge in [-0.2, -0.15) is 25.9 Å². The van der Waals surface area contributed by atoms with E-state index in [2.05, 4.69) is 11.6 Å². The maximum Gasteiger partial charge on any atom is 0.430 e. The predicted molar refractivity (Wildman–Crippen MR) is 117 cm³/mol. The lowest BCUT2D eigenvalue weighted by molar-refractivity contribution is -0.715. The van der Waals surface area contributed by atoms with Crippen molar-refractivity contribution >= 4 is 27.8 Å². The fourth-order valence-electron chi connectivity index (χ4n) is 3.15. The zero-order valence-electron chi connectivity index (χ0n) is 19.0. The Labute approximate surface area is 197 Å². The summed E-state index contributed by atoms with van der Waals surface area (Å²) in [6.07, 6.45) is 3.26. The van der Waals surface area contributed by atoms with Gasteiger partial charge in [-0.15, -0.1) is 0 Å². The Hall–Kier alpha value is -2.38. The number of nitrogens with zero attached hydrogens (tertiary/aromatic N) is 1. The number of benzene rings is 1. The summed E-state index contributed by atoms with van der Waals surface area (Å²) in [4.78, 5) is 19.8. The number of carboxylic acids is 2. The average Bonchev–Trinajstić information content (AvgIpc) is 2.69. The molecular weight excluding hydrogens is 479 g/mol. The summed E-state index contributed by atoms with van der Waals surface area (Å²) in [5, 5.41) is 19.8. The largest absolute Gasteiger partial charge is 0.542 e. The fourth-order valence-corrected chi connectivity index (χ4v) is 4.55. The molecule has 194 valence electrons. The van der Waals surface area contributed by atoms with E-state index in [4.69, 9.17) is 15.0 Å². The van der Waals surface area contributed by atoms with Crippen LogP contribution in [-0.4, -0.2) is 61.6 Å².